The van der Waals surface area contributed by atoms with Crippen LogP contribution in [-0.2, 0) is 11.3 Å². The number of fused-ring (bicyclic) bond motifs is 1. The number of halogens is 1. The number of hydrogen-bond acceptors (Lipinski definition) is 3. The van der Waals surface area contributed by atoms with E-state index >= 15 is 0 Å². The Labute approximate surface area is 140 Å². The minimum atomic E-state index is -0.192. The Bertz CT molecular complexity index is 888. The van der Waals surface area contributed by atoms with Gasteiger partial charge in [0, 0.05) is 14.6 Å². The van der Waals surface area contributed by atoms with Gasteiger partial charge in [0.25, 0.3) is 0 Å². The van der Waals surface area contributed by atoms with Gasteiger partial charge in [0.1, 0.15) is 6.54 Å². The molecule has 0 atom stereocenters. The van der Waals surface area contributed by atoms with E-state index in [9.17, 15) is 9.59 Å². The SMILES string of the molecule is O=C(Cn1ncc(=O)c2ccccc21)Nc1ccc(I)cc1. The maximum atomic E-state index is 12.1. The van der Waals surface area contributed by atoms with Crippen LogP contribution in [0.3, 0.4) is 0 Å². The van der Waals surface area contributed by atoms with Crippen LogP contribution in [0.4, 0.5) is 5.69 Å². The van der Waals surface area contributed by atoms with E-state index < -0.39 is 0 Å². The second-order valence-electron chi connectivity index (χ2n) is 4.74. The van der Waals surface area contributed by atoms with Crippen molar-refractivity contribution in [3.8, 4) is 0 Å². The van der Waals surface area contributed by atoms with Gasteiger partial charge in [0.2, 0.25) is 11.3 Å². The number of para-hydroxylation sites is 1. The third kappa shape index (κ3) is 3.16. The number of carbonyl (C=O) groups is 1. The topological polar surface area (TPSA) is 64.0 Å². The first kappa shape index (κ1) is 14.7. The fourth-order valence-corrected chi connectivity index (χ4v) is 2.52. The summed E-state index contributed by atoms with van der Waals surface area (Å²) in [5.41, 5.74) is 1.23. The summed E-state index contributed by atoms with van der Waals surface area (Å²) in [7, 11) is 0. The average molecular weight is 405 g/mol. The number of carbonyl (C=O) groups excluding carboxylic acids is 1. The predicted molar refractivity (Wildman–Crippen MR) is 93.8 cm³/mol. The molecule has 0 saturated carbocycles. The summed E-state index contributed by atoms with van der Waals surface area (Å²) < 4.78 is 2.63. The van der Waals surface area contributed by atoms with Crippen molar-refractivity contribution in [3.63, 3.8) is 0 Å². The highest BCUT2D eigenvalue weighted by Crippen LogP contribution is 2.12. The molecule has 1 aromatic heterocycles. The fourth-order valence-electron chi connectivity index (χ4n) is 2.16. The Balaban J connectivity index is 1.84. The summed E-state index contributed by atoms with van der Waals surface area (Å²) in [6.45, 7) is 0.0484. The molecule has 0 unspecified atom stereocenters. The molecule has 3 rings (SSSR count). The van der Waals surface area contributed by atoms with Crippen molar-refractivity contribution in [2.24, 2.45) is 0 Å². The summed E-state index contributed by atoms with van der Waals surface area (Å²) in [5, 5.41) is 7.42. The van der Waals surface area contributed by atoms with Crippen molar-refractivity contribution in [1.29, 1.82) is 0 Å². The zero-order chi connectivity index (χ0) is 15.5. The van der Waals surface area contributed by atoms with Crippen LogP contribution < -0.4 is 10.7 Å². The van der Waals surface area contributed by atoms with Crippen LogP contribution in [0.25, 0.3) is 10.9 Å². The third-order valence-electron chi connectivity index (χ3n) is 3.18. The normalized spacial score (nSPS) is 10.6. The molecule has 0 aliphatic rings. The zero-order valence-electron chi connectivity index (χ0n) is 11.5. The molecule has 1 N–H and O–H groups in total. The van der Waals surface area contributed by atoms with Gasteiger partial charge in [-0.1, -0.05) is 12.1 Å². The molecule has 0 fully saturated rings. The molecule has 0 bridgehead atoms. The van der Waals surface area contributed by atoms with Gasteiger partial charge in [0.05, 0.1) is 11.7 Å². The van der Waals surface area contributed by atoms with E-state index in [0.29, 0.717) is 10.9 Å². The van der Waals surface area contributed by atoms with Crippen molar-refractivity contribution in [1.82, 2.24) is 9.78 Å². The number of anilines is 1. The molecule has 110 valence electrons. The van der Waals surface area contributed by atoms with Crippen LogP contribution >= 0.6 is 22.6 Å². The van der Waals surface area contributed by atoms with E-state index in [2.05, 4.69) is 33.0 Å². The number of nitrogens with zero attached hydrogens (tertiary/aromatic N) is 2. The lowest BCUT2D eigenvalue weighted by Crippen LogP contribution is -2.22. The first-order chi connectivity index (χ1) is 10.6. The highest BCUT2D eigenvalue weighted by atomic mass is 127. The molecule has 6 heteroatoms. The van der Waals surface area contributed by atoms with Gasteiger partial charge in [-0.3, -0.25) is 14.3 Å². The lowest BCUT2D eigenvalue weighted by Gasteiger charge is -2.09. The molecule has 0 spiro atoms. The van der Waals surface area contributed by atoms with Gasteiger partial charge in [-0.2, -0.15) is 5.10 Å². The minimum absolute atomic E-state index is 0.0484. The van der Waals surface area contributed by atoms with Gasteiger partial charge in [-0.05, 0) is 59.0 Å². The molecular weight excluding hydrogens is 393 g/mol. The van der Waals surface area contributed by atoms with E-state index in [-0.39, 0.29) is 17.9 Å². The number of benzene rings is 2. The van der Waals surface area contributed by atoms with E-state index in [1.165, 1.54) is 10.9 Å². The molecule has 1 heterocycles. The molecule has 2 aromatic carbocycles. The summed E-state index contributed by atoms with van der Waals surface area (Å²) >= 11 is 2.20. The monoisotopic (exact) mass is 405 g/mol. The smallest absolute Gasteiger partial charge is 0.246 e. The quantitative estimate of drug-likeness (QED) is 0.682. The van der Waals surface area contributed by atoms with E-state index in [0.717, 1.165) is 9.26 Å². The van der Waals surface area contributed by atoms with Crippen molar-refractivity contribution >= 4 is 45.1 Å². The zero-order valence-corrected chi connectivity index (χ0v) is 13.6. The molecule has 5 nitrogen and oxygen atoms in total. The Hall–Kier alpha value is -2.22. The van der Waals surface area contributed by atoms with Gasteiger partial charge in [0.15, 0.2) is 0 Å². The van der Waals surface area contributed by atoms with Crippen molar-refractivity contribution in [2.75, 3.05) is 5.32 Å². The van der Waals surface area contributed by atoms with Gasteiger partial charge in [-0.25, -0.2) is 0 Å². The maximum Gasteiger partial charge on any atom is 0.246 e. The molecule has 3 aromatic rings. The molecule has 0 saturated heterocycles. The first-order valence-electron chi connectivity index (χ1n) is 6.64. The predicted octanol–water partition coefficient (Wildman–Crippen LogP) is 2.64. The number of nitrogens with one attached hydrogen (secondary N) is 1. The standard InChI is InChI=1S/C16H12IN3O2/c17-11-5-7-12(8-6-11)19-16(22)10-20-14-4-2-1-3-13(14)15(21)9-18-20/h1-9H,10H2,(H,19,22). The lowest BCUT2D eigenvalue weighted by atomic mass is 10.2. The van der Waals surface area contributed by atoms with Crippen molar-refractivity contribution in [3.05, 3.63) is 68.5 Å². The van der Waals surface area contributed by atoms with Gasteiger partial charge in [-0.15, -0.1) is 0 Å². The summed E-state index contributed by atoms with van der Waals surface area (Å²) in [4.78, 5) is 23.9. The van der Waals surface area contributed by atoms with E-state index in [1.54, 1.807) is 18.2 Å². The Kier molecular flexibility index (Phi) is 4.19. The second kappa shape index (κ2) is 6.27. The average Bonchev–Trinajstić information content (AvgIpc) is 2.53. The minimum Gasteiger partial charge on any atom is -0.324 e. The number of aromatic nitrogens is 2. The molecule has 0 aliphatic carbocycles. The van der Waals surface area contributed by atoms with E-state index in [1.807, 2.05) is 30.3 Å². The van der Waals surface area contributed by atoms with Crippen molar-refractivity contribution in [2.45, 2.75) is 6.54 Å². The summed E-state index contributed by atoms with van der Waals surface area (Å²) in [6, 6.07) is 14.6. The fraction of sp³-hybridized carbons (Fsp3) is 0.0625. The van der Waals surface area contributed by atoms with Crippen LogP contribution in [0.1, 0.15) is 0 Å². The first-order valence-corrected chi connectivity index (χ1v) is 7.71. The van der Waals surface area contributed by atoms with Gasteiger partial charge >= 0.3 is 0 Å². The number of hydrogen-bond donors (Lipinski definition) is 1. The van der Waals surface area contributed by atoms with E-state index in [4.69, 9.17) is 0 Å². The maximum absolute atomic E-state index is 12.1. The molecular formula is C16H12IN3O2. The molecule has 0 radical (unpaired) electrons. The highest BCUT2D eigenvalue weighted by molar-refractivity contribution is 14.1. The number of rotatable bonds is 3. The molecule has 1 amide bonds. The second-order valence-corrected chi connectivity index (χ2v) is 5.98. The number of amides is 1. The third-order valence-corrected chi connectivity index (χ3v) is 3.90. The lowest BCUT2D eigenvalue weighted by molar-refractivity contribution is -0.116. The summed E-state index contributed by atoms with van der Waals surface area (Å²) in [6.07, 6.45) is 1.24. The van der Waals surface area contributed by atoms with Crippen LogP contribution in [0.15, 0.2) is 59.5 Å². The Morgan fingerprint density at radius 2 is 1.86 bits per heavy atom. The van der Waals surface area contributed by atoms with Crippen LogP contribution in [0.5, 0.6) is 0 Å². The Morgan fingerprint density at radius 3 is 2.64 bits per heavy atom. The van der Waals surface area contributed by atoms with Crippen LogP contribution in [-0.4, -0.2) is 15.7 Å². The van der Waals surface area contributed by atoms with Gasteiger partial charge < -0.3 is 5.32 Å². The van der Waals surface area contributed by atoms with Crippen LogP contribution in [0, 0.1) is 3.57 Å². The largest absolute Gasteiger partial charge is 0.324 e. The summed E-state index contributed by atoms with van der Waals surface area (Å²) in [5.74, 6) is -0.192. The Morgan fingerprint density at radius 1 is 1.14 bits per heavy atom. The highest BCUT2D eigenvalue weighted by Gasteiger charge is 2.08. The molecule has 22 heavy (non-hydrogen) atoms. The molecule has 0 aliphatic heterocycles. The van der Waals surface area contributed by atoms with Crippen LogP contribution in [0.2, 0.25) is 0 Å². The van der Waals surface area contributed by atoms with Crippen molar-refractivity contribution < 1.29 is 4.79 Å².